The fourth-order valence-electron chi connectivity index (χ4n) is 3.90. The number of amides is 2. The Balaban J connectivity index is 1.49. The maximum Gasteiger partial charge on any atom is 0.274 e. The van der Waals surface area contributed by atoms with Gasteiger partial charge in [0.15, 0.2) is 5.69 Å². The third-order valence-corrected chi connectivity index (χ3v) is 5.62. The van der Waals surface area contributed by atoms with Crippen LogP contribution in [0.5, 0.6) is 11.5 Å². The number of aromatic amines is 1. The molecule has 0 unspecified atom stereocenters. The summed E-state index contributed by atoms with van der Waals surface area (Å²) in [4.78, 5) is 29.5. The number of aromatic nitrogens is 2. The molecule has 2 amide bonds. The minimum absolute atomic E-state index is 0.0295. The summed E-state index contributed by atoms with van der Waals surface area (Å²) in [5.74, 6) is 1.18. The number of methoxy groups -OCH3 is 2. The van der Waals surface area contributed by atoms with Gasteiger partial charge in [0.2, 0.25) is 5.91 Å². The van der Waals surface area contributed by atoms with Crippen molar-refractivity contribution in [2.45, 2.75) is 19.4 Å². The third kappa shape index (κ3) is 3.97. The van der Waals surface area contributed by atoms with Crippen LogP contribution in [0.15, 0.2) is 18.2 Å². The molecule has 4 rings (SSSR count). The number of nitrogens with one attached hydrogen (secondary N) is 1. The Kier molecular flexibility index (Phi) is 5.89. The second-order valence-electron chi connectivity index (χ2n) is 7.35. The summed E-state index contributed by atoms with van der Waals surface area (Å²) in [6.07, 6.45) is 0.833. The number of carbonyl (C=O) groups is 2. The second-order valence-corrected chi connectivity index (χ2v) is 7.35. The fourth-order valence-corrected chi connectivity index (χ4v) is 3.90. The Bertz CT molecular complexity index is 935. The molecule has 1 saturated heterocycles. The van der Waals surface area contributed by atoms with Crippen LogP contribution >= 0.6 is 0 Å². The molecule has 160 valence electrons. The molecule has 1 N–H and O–H groups in total. The maximum absolute atomic E-state index is 13.0. The number of rotatable bonds is 5. The van der Waals surface area contributed by atoms with Crippen LogP contribution in [-0.4, -0.2) is 78.9 Å². The maximum atomic E-state index is 13.0. The molecule has 1 aromatic carbocycles. The first-order valence-electron chi connectivity index (χ1n) is 10.0. The third-order valence-electron chi connectivity index (χ3n) is 5.62. The van der Waals surface area contributed by atoms with E-state index in [0.717, 1.165) is 16.8 Å². The van der Waals surface area contributed by atoms with Gasteiger partial charge in [0.1, 0.15) is 11.5 Å². The van der Waals surface area contributed by atoms with Crippen molar-refractivity contribution >= 4 is 11.8 Å². The summed E-state index contributed by atoms with van der Waals surface area (Å²) in [7, 11) is 3.17. The van der Waals surface area contributed by atoms with Gasteiger partial charge < -0.3 is 24.0 Å². The summed E-state index contributed by atoms with van der Waals surface area (Å²) in [5.41, 5.74) is 2.91. The van der Waals surface area contributed by atoms with Gasteiger partial charge in [0.05, 0.1) is 33.9 Å². The molecule has 0 radical (unpaired) electrons. The molecule has 0 spiro atoms. The summed E-state index contributed by atoms with van der Waals surface area (Å²) in [5, 5.41) is 7.25. The van der Waals surface area contributed by atoms with Crippen molar-refractivity contribution in [2.24, 2.45) is 0 Å². The van der Waals surface area contributed by atoms with Gasteiger partial charge in [-0.25, -0.2) is 0 Å². The van der Waals surface area contributed by atoms with Gasteiger partial charge in [-0.05, 0) is 18.2 Å². The van der Waals surface area contributed by atoms with Crippen molar-refractivity contribution in [3.63, 3.8) is 0 Å². The minimum Gasteiger partial charge on any atom is -0.497 e. The Morgan fingerprint density at radius 2 is 1.93 bits per heavy atom. The first-order valence-corrected chi connectivity index (χ1v) is 10.0. The van der Waals surface area contributed by atoms with E-state index >= 15 is 0 Å². The Hall–Kier alpha value is -3.07. The molecule has 9 nitrogen and oxygen atoms in total. The first kappa shape index (κ1) is 20.2. The lowest BCUT2D eigenvalue weighted by Gasteiger charge is -2.29. The average molecular weight is 414 g/mol. The van der Waals surface area contributed by atoms with Crippen molar-refractivity contribution in [2.75, 3.05) is 47.1 Å². The Labute approximate surface area is 174 Å². The zero-order valence-corrected chi connectivity index (χ0v) is 17.3. The number of nitrogens with zero attached hydrogens (tertiary/aromatic N) is 3. The number of hydrogen-bond acceptors (Lipinski definition) is 6. The highest BCUT2D eigenvalue weighted by molar-refractivity contribution is 5.94. The number of morpholine rings is 1. The number of ether oxygens (including phenoxy) is 3. The lowest BCUT2D eigenvalue weighted by molar-refractivity contribution is -0.131. The van der Waals surface area contributed by atoms with Crippen LogP contribution in [-0.2, 0) is 28.9 Å². The second kappa shape index (κ2) is 8.74. The van der Waals surface area contributed by atoms with Crippen LogP contribution in [0.2, 0.25) is 0 Å². The van der Waals surface area contributed by atoms with Crippen molar-refractivity contribution in [1.29, 1.82) is 0 Å². The van der Waals surface area contributed by atoms with Gasteiger partial charge >= 0.3 is 0 Å². The molecule has 3 heterocycles. The molecule has 0 saturated carbocycles. The SMILES string of the molecule is COc1ccc(OC)c(CC(=O)N2CCc3[nH]nc(C(=O)N4CCOCC4)c3C2)c1. The van der Waals surface area contributed by atoms with Crippen LogP contribution < -0.4 is 9.47 Å². The van der Waals surface area contributed by atoms with Gasteiger partial charge in [0, 0.05) is 49.4 Å². The number of carbonyl (C=O) groups excluding carboxylic acids is 2. The zero-order valence-electron chi connectivity index (χ0n) is 17.3. The van der Waals surface area contributed by atoms with E-state index in [1.165, 1.54) is 0 Å². The van der Waals surface area contributed by atoms with Gasteiger partial charge in [-0.1, -0.05) is 0 Å². The molecule has 2 aliphatic heterocycles. The molecule has 0 bridgehead atoms. The summed E-state index contributed by atoms with van der Waals surface area (Å²) < 4.78 is 16.0. The van der Waals surface area contributed by atoms with E-state index in [2.05, 4.69) is 10.2 Å². The molecule has 2 aromatic rings. The molecule has 2 aliphatic rings. The Morgan fingerprint density at radius 1 is 1.13 bits per heavy atom. The lowest BCUT2D eigenvalue weighted by Crippen LogP contribution is -2.42. The quantitative estimate of drug-likeness (QED) is 0.785. The van der Waals surface area contributed by atoms with Gasteiger partial charge in [-0.2, -0.15) is 5.10 Å². The van der Waals surface area contributed by atoms with Crippen molar-refractivity contribution in [1.82, 2.24) is 20.0 Å². The van der Waals surface area contributed by atoms with E-state index in [9.17, 15) is 9.59 Å². The topological polar surface area (TPSA) is 97.0 Å². The van der Waals surface area contributed by atoms with Crippen LogP contribution in [0.4, 0.5) is 0 Å². The highest BCUT2D eigenvalue weighted by Crippen LogP contribution is 2.27. The summed E-state index contributed by atoms with van der Waals surface area (Å²) in [6.45, 7) is 3.11. The fraction of sp³-hybridized carbons (Fsp3) is 0.476. The highest BCUT2D eigenvalue weighted by Gasteiger charge is 2.30. The van der Waals surface area contributed by atoms with Crippen LogP contribution in [0, 0.1) is 0 Å². The van der Waals surface area contributed by atoms with Gasteiger partial charge in [0.25, 0.3) is 5.91 Å². The lowest BCUT2D eigenvalue weighted by atomic mass is 10.0. The predicted octanol–water partition coefficient (Wildman–Crippen LogP) is 1.03. The van der Waals surface area contributed by atoms with Crippen molar-refractivity contribution in [3.05, 3.63) is 40.7 Å². The van der Waals surface area contributed by atoms with Gasteiger partial charge in [-0.3, -0.25) is 14.7 Å². The van der Waals surface area contributed by atoms with Gasteiger partial charge in [-0.15, -0.1) is 0 Å². The number of hydrogen-bond donors (Lipinski definition) is 1. The van der Waals surface area contributed by atoms with Crippen molar-refractivity contribution in [3.8, 4) is 11.5 Å². The van der Waals surface area contributed by atoms with E-state index in [1.54, 1.807) is 36.2 Å². The largest absolute Gasteiger partial charge is 0.497 e. The average Bonchev–Trinajstić information content (AvgIpc) is 3.22. The van der Waals surface area contributed by atoms with E-state index in [-0.39, 0.29) is 18.2 Å². The predicted molar refractivity (Wildman–Crippen MR) is 108 cm³/mol. The van der Waals surface area contributed by atoms with E-state index in [4.69, 9.17) is 14.2 Å². The van der Waals surface area contributed by atoms with Crippen LogP contribution in [0.3, 0.4) is 0 Å². The van der Waals surface area contributed by atoms with E-state index < -0.39 is 0 Å². The first-order chi connectivity index (χ1) is 14.6. The normalized spacial score (nSPS) is 16.2. The molecular formula is C21H26N4O5. The number of benzene rings is 1. The van der Waals surface area contributed by atoms with Crippen LogP contribution in [0.1, 0.15) is 27.3 Å². The standard InChI is InChI=1S/C21H26N4O5/c1-28-15-3-4-18(29-2)14(11-15)12-19(26)25-6-5-17-16(13-25)20(23-22-17)21(27)24-7-9-30-10-8-24/h3-4,11H,5-10,12-13H2,1-2H3,(H,22,23). The molecule has 9 heteroatoms. The van der Waals surface area contributed by atoms with Crippen LogP contribution in [0.25, 0.3) is 0 Å². The highest BCUT2D eigenvalue weighted by atomic mass is 16.5. The molecule has 0 atom stereocenters. The van der Waals surface area contributed by atoms with E-state index in [1.807, 2.05) is 6.07 Å². The summed E-state index contributed by atoms with van der Waals surface area (Å²) in [6, 6.07) is 5.41. The smallest absolute Gasteiger partial charge is 0.274 e. The molecule has 1 aromatic heterocycles. The zero-order chi connectivity index (χ0) is 21.1. The molecule has 0 aliphatic carbocycles. The monoisotopic (exact) mass is 414 g/mol. The Morgan fingerprint density at radius 3 is 2.67 bits per heavy atom. The molecular weight excluding hydrogens is 388 g/mol. The number of fused-ring (bicyclic) bond motifs is 1. The van der Waals surface area contributed by atoms with E-state index in [0.29, 0.717) is 63.0 Å². The number of H-pyrrole nitrogens is 1. The van der Waals surface area contributed by atoms with Crippen molar-refractivity contribution < 1.29 is 23.8 Å². The molecule has 30 heavy (non-hydrogen) atoms. The molecule has 1 fully saturated rings. The summed E-state index contributed by atoms with van der Waals surface area (Å²) >= 11 is 0. The minimum atomic E-state index is -0.112.